The maximum Gasteiger partial charge on any atom is 0.223 e. The number of hydrogen-bond donors (Lipinski definition) is 1. The zero-order valence-corrected chi connectivity index (χ0v) is 11.6. The number of benzene rings is 1. The van der Waals surface area contributed by atoms with E-state index in [0.29, 0.717) is 5.13 Å². The Morgan fingerprint density at radius 1 is 1.41 bits per heavy atom. The summed E-state index contributed by atoms with van der Waals surface area (Å²) in [5, 5.41) is 3.34. The van der Waals surface area contributed by atoms with Gasteiger partial charge < -0.3 is 5.32 Å². The Kier molecular flexibility index (Phi) is 3.91. The van der Waals surface area contributed by atoms with Gasteiger partial charge in [-0.2, -0.15) is 0 Å². The number of nitrogens with zero attached hydrogens (tertiary/aromatic N) is 1. The van der Waals surface area contributed by atoms with E-state index in [-0.39, 0.29) is 5.91 Å². The number of aromatic nitrogens is 1. The molecule has 0 bridgehead atoms. The Bertz CT molecular complexity index is 522. The van der Waals surface area contributed by atoms with Crippen LogP contribution in [0.25, 0.3) is 0 Å². The molecule has 88 valence electrons. The van der Waals surface area contributed by atoms with Gasteiger partial charge in [-0.15, -0.1) is 11.3 Å². The highest BCUT2D eigenvalue weighted by Crippen LogP contribution is 2.21. The van der Waals surface area contributed by atoms with E-state index in [4.69, 9.17) is 0 Å². The van der Waals surface area contributed by atoms with Crippen LogP contribution in [0, 0.1) is 0 Å². The maximum atomic E-state index is 10.9. The Morgan fingerprint density at radius 2 is 2.12 bits per heavy atom. The number of carbonyl (C=O) groups is 1. The predicted molar refractivity (Wildman–Crippen MR) is 73.4 cm³/mol. The van der Waals surface area contributed by atoms with Gasteiger partial charge >= 0.3 is 0 Å². The molecule has 0 aliphatic carbocycles. The van der Waals surface area contributed by atoms with Crippen molar-refractivity contribution in [2.75, 3.05) is 5.32 Å². The van der Waals surface area contributed by atoms with Gasteiger partial charge in [0.05, 0.1) is 0 Å². The van der Waals surface area contributed by atoms with Crippen LogP contribution in [0.2, 0.25) is 0 Å². The minimum atomic E-state index is -0.0884. The number of halogens is 1. The Labute approximate surface area is 112 Å². The fourth-order valence-electron chi connectivity index (χ4n) is 1.40. The van der Waals surface area contributed by atoms with Gasteiger partial charge in [-0.25, -0.2) is 4.98 Å². The summed E-state index contributed by atoms with van der Waals surface area (Å²) in [7, 11) is 0. The second-order valence-corrected chi connectivity index (χ2v) is 5.65. The minimum absolute atomic E-state index is 0.0884. The standard InChI is InChI=1S/C12H11BrN2OS/c1-8(16)15-12-14-7-11(17-12)6-9-2-4-10(13)5-3-9/h2-5,7H,6H2,1H3,(H,14,15,16). The van der Waals surface area contributed by atoms with Crippen LogP contribution in [-0.2, 0) is 11.2 Å². The van der Waals surface area contributed by atoms with Gasteiger partial charge in [0.2, 0.25) is 5.91 Å². The third-order valence-corrected chi connectivity index (χ3v) is 3.57. The molecule has 5 heteroatoms. The number of amides is 1. The highest BCUT2D eigenvalue weighted by Gasteiger charge is 2.04. The zero-order valence-electron chi connectivity index (χ0n) is 9.24. The summed E-state index contributed by atoms with van der Waals surface area (Å²) < 4.78 is 1.07. The van der Waals surface area contributed by atoms with E-state index in [1.807, 2.05) is 12.1 Å². The van der Waals surface area contributed by atoms with Gasteiger partial charge in [-0.3, -0.25) is 4.79 Å². The molecule has 3 nitrogen and oxygen atoms in total. The first-order chi connectivity index (χ1) is 8.13. The zero-order chi connectivity index (χ0) is 12.3. The van der Waals surface area contributed by atoms with Gasteiger partial charge in [-0.05, 0) is 17.7 Å². The molecule has 1 aromatic carbocycles. The number of rotatable bonds is 3. The van der Waals surface area contributed by atoms with E-state index < -0.39 is 0 Å². The first kappa shape index (κ1) is 12.3. The summed E-state index contributed by atoms with van der Waals surface area (Å²) in [6, 6.07) is 8.18. The van der Waals surface area contributed by atoms with E-state index in [1.54, 1.807) is 6.20 Å². The lowest BCUT2D eigenvalue weighted by atomic mass is 10.1. The average Bonchev–Trinajstić information content (AvgIpc) is 2.68. The van der Waals surface area contributed by atoms with Gasteiger partial charge in [0, 0.05) is 28.9 Å². The third-order valence-electron chi connectivity index (χ3n) is 2.13. The lowest BCUT2D eigenvalue weighted by Gasteiger charge is -1.98. The summed E-state index contributed by atoms with van der Waals surface area (Å²) >= 11 is 4.91. The van der Waals surface area contributed by atoms with Crippen molar-refractivity contribution in [1.29, 1.82) is 0 Å². The number of carbonyl (C=O) groups excluding carboxylic acids is 1. The fourth-order valence-corrected chi connectivity index (χ4v) is 2.56. The summed E-state index contributed by atoms with van der Waals surface area (Å²) in [4.78, 5) is 16.2. The molecule has 1 amide bonds. The van der Waals surface area contributed by atoms with Crippen LogP contribution >= 0.6 is 27.3 Å². The van der Waals surface area contributed by atoms with E-state index in [2.05, 4.69) is 38.4 Å². The fraction of sp³-hybridized carbons (Fsp3) is 0.167. The average molecular weight is 311 g/mol. The Hall–Kier alpha value is -1.20. The number of thiazole rings is 1. The molecule has 0 saturated heterocycles. The van der Waals surface area contributed by atoms with Gasteiger partial charge in [0.25, 0.3) is 0 Å². The minimum Gasteiger partial charge on any atom is -0.302 e. The Morgan fingerprint density at radius 3 is 2.76 bits per heavy atom. The van der Waals surface area contributed by atoms with Crippen LogP contribution in [0.5, 0.6) is 0 Å². The maximum absolute atomic E-state index is 10.9. The SMILES string of the molecule is CC(=O)Nc1ncc(Cc2ccc(Br)cc2)s1. The van der Waals surface area contributed by atoms with Crippen molar-refractivity contribution >= 4 is 38.3 Å². The molecule has 0 spiro atoms. The van der Waals surface area contributed by atoms with Crippen molar-refractivity contribution in [1.82, 2.24) is 4.98 Å². The van der Waals surface area contributed by atoms with E-state index in [9.17, 15) is 4.79 Å². The topological polar surface area (TPSA) is 42.0 Å². The second kappa shape index (κ2) is 5.42. The highest BCUT2D eigenvalue weighted by molar-refractivity contribution is 9.10. The van der Waals surface area contributed by atoms with Crippen LogP contribution in [0.3, 0.4) is 0 Å². The van der Waals surface area contributed by atoms with Gasteiger partial charge in [-0.1, -0.05) is 28.1 Å². The molecule has 1 heterocycles. The quantitative estimate of drug-likeness (QED) is 0.943. The van der Waals surface area contributed by atoms with E-state index >= 15 is 0 Å². The van der Waals surface area contributed by atoms with Crippen molar-refractivity contribution < 1.29 is 4.79 Å². The molecule has 0 aliphatic heterocycles. The normalized spacial score (nSPS) is 10.2. The number of hydrogen-bond acceptors (Lipinski definition) is 3. The van der Waals surface area contributed by atoms with E-state index in [0.717, 1.165) is 15.8 Å². The third kappa shape index (κ3) is 3.64. The highest BCUT2D eigenvalue weighted by atomic mass is 79.9. The van der Waals surface area contributed by atoms with Crippen molar-refractivity contribution in [3.63, 3.8) is 0 Å². The molecule has 0 saturated carbocycles. The van der Waals surface area contributed by atoms with Crippen LogP contribution in [0.15, 0.2) is 34.9 Å². The van der Waals surface area contributed by atoms with Gasteiger partial charge in [0.1, 0.15) is 0 Å². The molecule has 0 radical (unpaired) electrons. The number of nitrogens with one attached hydrogen (secondary N) is 1. The van der Waals surface area contributed by atoms with Crippen LogP contribution in [-0.4, -0.2) is 10.9 Å². The predicted octanol–water partition coefficient (Wildman–Crippen LogP) is 3.45. The van der Waals surface area contributed by atoms with Crippen LogP contribution < -0.4 is 5.32 Å². The summed E-state index contributed by atoms with van der Waals surface area (Å²) in [5.41, 5.74) is 1.23. The van der Waals surface area contributed by atoms with Crippen molar-refractivity contribution in [3.05, 3.63) is 45.4 Å². The molecular formula is C12H11BrN2OS. The molecule has 0 aliphatic rings. The van der Waals surface area contributed by atoms with Crippen LogP contribution in [0.1, 0.15) is 17.4 Å². The molecule has 17 heavy (non-hydrogen) atoms. The van der Waals surface area contributed by atoms with Crippen molar-refractivity contribution in [2.24, 2.45) is 0 Å². The lowest BCUT2D eigenvalue weighted by molar-refractivity contribution is -0.114. The first-order valence-electron chi connectivity index (χ1n) is 5.10. The first-order valence-corrected chi connectivity index (χ1v) is 6.71. The second-order valence-electron chi connectivity index (χ2n) is 3.62. The molecule has 1 N–H and O–H groups in total. The lowest BCUT2D eigenvalue weighted by Crippen LogP contribution is -2.04. The number of anilines is 1. The smallest absolute Gasteiger partial charge is 0.223 e. The molecule has 0 atom stereocenters. The van der Waals surface area contributed by atoms with E-state index in [1.165, 1.54) is 23.8 Å². The van der Waals surface area contributed by atoms with Crippen molar-refractivity contribution in [3.8, 4) is 0 Å². The molecule has 2 rings (SSSR count). The largest absolute Gasteiger partial charge is 0.302 e. The summed E-state index contributed by atoms with van der Waals surface area (Å²) in [5.74, 6) is -0.0884. The van der Waals surface area contributed by atoms with Gasteiger partial charge in [0.15, 0.2) is 5.13 Å². The van der Waals surface area contributed by atoms with Crippen LogP contribution in [0.4, 0.5) is 5.13 Å². The molecule has 1 aromatic heterocycles. The molecule has 2 aromatic rings. The molecule has 0 fully saturated rings. The monoisotopic (exact) mass is 310 g/mol. The summed E-state index contributed by atoms with van der Waals surface area (Å²) in [6.07, 6.45) is 2.64. The molecule has 0 unspecified atom stereocenters. The van der Waals surface area contributed by atoms with Crippen molar-refractivity contribution in [2.45, 2.75) is 13.3 Å². The summed E-state index contributed by atoms with van der Waals surface area (Å²) in [6.45, 7) is 1.48. The molecular weight excluding hydrogens is 300 g/mol. The Balaban J connectivity index is 2.06.